The largest absolute Gasteiger partial charge is 0.366 e. The van der Waals surface area contributed by atoms with Gasteiger partial charge in [0.1, 0.15) is 18.2 Å². The summed E-state index contributed by atoms with van der Waals surface area (Å²) in [6.45, 7) is 15.7. The summed E-state index contributed by atoms with van der Waals surface area (Å²) in [6, 6.07) is 19.4. The van der Waals surface area contributed by atoms with Crippen LogP contribution in [0.15, 0.2) is 65.7 Å². The molecule has 44 heavy (non-hydrogen) atoms. The molecule has 8 nitrogen and oxygen atoms in total. The van der Waals surface area contributed by atoms with Crippen molar-refractivity contribution in [1.82, 2.24) is 13.5 Å². The highest BCUT2D eigenvalue weighted by atomic mass is 32.2. The molecule has 0 amide bonds. The lowest BCUT2D eigenvalue weighted by atomic mass is 9.86. The number of nitriles is 1. The zero-order valence-corrected chi connectivity index (χ0v) is 28.5. The van der Waals surface area contributed by atoms with E-state index >= 15 is 0 Å². The maximum atomic E-state index is 13.9. The summed E-state index contributed by atoms with van der Waals surface area (Å²) in [6.07, 6.45) is 1.62. The van der Waals surface area contributed by atoms with E-state index < -0.39 is 23.7 Å². The Morgan fingerprint density at radius 1 is 1.00 bits per heavy atom. The molecule has 0 radical (unpaired) electrons. The molecule has 0 bridgehead atoms. The maximum absolute atomic E-state index is 13.9. The van der Waals surface area contributed by atoms with E-state index in [4.69, 9.17) is 14.5 Å². The molecule has 0 saturated heterocycles. The molecule has 3 aromatic carbocycles. The minimum absolute atomic E-state index is 0.224. The average Bonchev–Trinajstić information content (AvgIpc) is 3.57. The molecule has 2 aromatic heterocycles. The number of aromatic nitrogens is 3. The van der Waals surface area contributed by atoms with Gasteiger partial charge in [0.15, 0.2) is 0 Å². The van der Waals surface area contributed by atoms with Gasteiger partial charge in [-0.2, -0.15) is 5.26 Å². The van der Waals surface area contributed by atoms with Crippen LogP contribution in [0.4, 0.5) is 0 Å². The standard InChI is InChI=1S/C34H40N4O4SSi/c1-23-9-12-27(13-10-23)43(39,40)38-16-15-28-31(24(2)19-25(3)32(28)38)34(4,41-5)33-36-29-20-26(21-35)11-14-30(29)37(33)22-42-17-18-44(6,7)8/h9-16,19-20H,17-18,22H2,1-8H3. The van der Waals surface area contributed by atoms with Gasteiger partial charge in [-0.3, -0.25) is 0 Å². The predicted octanol–water partition coefficient (Wildman–Crippen LogP) is 7.25. The number of imidazole rings is 1. The second kappa shape index (κ2) is 11.6. The Bertz CT molecular complexity index is 2020. The maximum Gasteiger partial charge on any atom is 0.268 e. The number of ether oxygens (including phenoxy) is 2. The normalized spacial score (nSPS) is 13.8. The highest BCUT2D eigenvalue weighted by Gasteiger charge is 2.39. The second-order valence-electron chi connectivity index (χ2n) is 12.8. The Hall–Kier alpha value is -3.75. The molecular weight excluding hydrogens is 589 g/mol. The van der Waals surface area contributed by atoms with E-state index in [0.29, 0.717) is 29.0 Å². The summed E-state index contributed by atoms with van der Waals surface area (Å²) in [5.41, 5.74) is 5.09. The number of nitrogens with zero attached hydrogens (tertiary/aromatic N) is 4. The third-order valence-electron chi connectivity index (χ3n) is 8.31. The first-order chi connectivity index (χ1) is 20.7. The highest BCUT2D eigenvalue weighted by molar-refractivity contribution is 7.90. The van der Waals surface area contributed by atoms with E-state index in [1.165, 1.54) is 3.97 Å². The Balaban J connectivity index is 1.72. The molecule has 5 rings (SSSR count). The summed E-state index contributed by atoms with van der Waals surface area (Å²) >= 11 is 0. The smallest absolute Gasteiger partial charge is 0.268 e. The number of methoxy groups -OCH3 is 1. The summed E-state index contributed by atoms with van der Waals surface area (Å²) in [5.74, 6) is 0.612. The lowest BCUT2D eigenvalue weighted by Crippen LogP contribution is -2.32. The zero-order valence-electron chi connectivity index (χ0n) is 26.7. The van der Waals surface area contributed by atoms with Crippen LogP contribution in [0.25, 0.3) is 21.9 Å². The minimum atomic E-state index is -3.86. The molecule has 1 unspecified atom stereocenters. The molecule has 10 heteroatoms. The van der Waals surface area contributed by atoms with Crippen molar-refractivity contribution in [2.24, 2.45) is 0 Å². The van der Waals surface area contributed by atoms with E-state index in [1.807, 2.05) is 50.5 Å². The lowest BCUT2D eigenvalue weighted by Gasteiger charge is -2.31. The van der Waals surface area contributed by atoms with E-state index in [2.05, 4.69) is 25.7 Å². The van der Waals surface area contributed by atoms with Crippen LogP contribution >= 0.6 is 0 Å². The van der Waals surface area contributed by atoms with E-state index in [9.17, 15) is 13.7 Å². The van der Waals surface area contributed by atoms with Crippen LogP contribution in [0, 0.1) is 32.1 Å². The first kappa shape index (κ1) is 31.7. The number of aryl methyl sites for hydroxylation is 3. The molecule has 0 saturated carbocycles. The third kappa shape index (κ3) is 5.61. The molecule has 0 spiro atoms. The third-order valence-corrected chi connectivity index (χ3v) is 11.7. The van der Waals surface area contributed by atoms with Crippen molar-refractivity contribution in [3.05, 3.63) is 94.4 Å². The quantitative estimate of drug-likeness (QED) is 0.119. The van der Waals surface area contributed by atoms with Gasteiger partial charge in [0, 0.05) is 38.9 Å². The van der Waals surface area contributed by atoms with Crippen molar-refractivity contribution in [2.75, 3.05) is 13.7 Å². The minimum Gasteiger partial charge on any atom is -0.366 e. The molecular formula is C34H40N4O4SSi. The Morgan fingerprint density at radius 2 is 1.70 bits per heavy atom. The zero-order chi connectivity index (χ0) is 32.0. The summed E-state index contributed by atoms with van der Waals surface area (Å²) in [4.78, 5) is 5.26. The fourth-order valence-corrected chi connectivity index (χ4v) is 8.04. The predicted molar refractivity (Wildman–Crippen MR) is 177 cm³/mol. The molecule has 230 valence electrons. The first-order valence-electron chi connectivity index (χ1n) is 14.7. The number of hydrogen-bond donors (Lipinski definition) is 0. The molecule has 0 aliphatic rings. The lowest BCUT2D eigenvalue weighted by molar-refractivity contribution is 0.0183. The molecule has 1 atom stereocenters. The van der Waals surface area contributed by atoms with Gasteiger partial charge in [-0.15, -0.1) is 0 Å². The van der Waals surface area contributed by atoms with Gasteiger partial charge >= 0.3 is 0 Å². The van der Waals surface area contributed by atoms with Crippen LogP contribution in [0.2, 0.25) is 25.7 Å². The van der Waals surface area contributed by atoms with E-state index in [1.54, 1.807) is 49.7 Å². The van der Waals surface area contributed by atoms with Gasteiger partial charge in [-0.25, -0.2) is 17.4 Å². The van der Waals surface area contributed by atoms with Crippen molar-refractivity contribution >= 4 is 40.0 Å². The number of hydrogen-bond acceptors (Lipinski definition) is 6. The number of rotatable bonds is 10. The average molecular weight is 629 g/mol. The fraction of sp³-hybridized carbons (Fsp3) is 0.353. The molecule has 2 heterocycles. The highest BCUT2D eigenvalue weighted by Crippen LogP contribution is 2.42. The monoisotopic (exact) mass is 628 g/mol. The van der Waals surface area contributed by atoms with Gasteiger partial charge < -0.3 is 14.0 Å². The summed E-state index contributed by atoms with van der Waals surface area (Å²) in [7, 11) is -3.52. The molecule has 0 aliphatic heterocycles. The van der Waals surface area contributed by atoms with Gasteiger partial charge in [-0.1, -0.05) is 43.4 Å². The van der Waals surface area contributed by atoms with Crippen molar-refractivity contribution in [2.45, 2.75) is 70.6 Å². The molecule has 0 fully saturated rings. The van der Waals surface area contributed by atoms with Crippen LogP contribution in [-0.2, 0) is 31.8 Å². The van der Waals surface area contributed by atoms with Crippen molar-refractivity contribution < 1.29 is 17.9 Å². The molecule has 5 aromatic rings. The molecule has 0 N–H and O–H groups in total. The second-order valence-corrected chi connectivity index (χ2v) is 20.3. The van der Waals surface area contributed by atoms with Crippen molar-refractivity contribution in [3.63, 3.8) is 0 Å². The van der Waals surface area contributed by atoms with Crippen molar-refractivity contribution in [1.29, 1.82) is 5.26 Å². The number of fused-ring (bicyclic) bond motifs is 2. The van der Waals surface area contributed by atoms with Crippen LogP contribution in [0.1, 0.15) is 40.6 Å². The van der Waals surface area contributed by atoms with Crippen LogP contribution in [-0.4, -0.2) is 43.7 Å². The van der Waals surface area contributed by atoms with Crippen LogP contribution in [0.3, 0.4) is 0 Å². The van der Waals surface area contributed by atoms with Gasteiger partial charge in [0.05, 0.1) is 33.1 Å². The van der Waals surface area contributed by atoms with Crippen LogP contribution < -0.4 is 0 Å². The number of benzene rings is 3. The fourth-order valence-electron chi connectivity index (χ4n) is 5.87. The van der Waals surface area contributed by atoms with Gasteiger partial charge in [-0.05, 0) is 81.3 Å². The first-order valence-corrected chi connectivity index (χ1v) is 19.8. The topological polar surface area (TPSA) is 99.1 Å². The summed E-state index contributed by atoms with van der Waals surface area (Å²) in [5, 5.41) is 10.3. The van der Waals surface area contributed by atoms with E-state index in [-0.39, 0.29) is 11.6 Å². The van der Waals surface area contributed by atoms with Gasteiger partial charge in [0.25, 0.3) is 10.0 Å². The van der Waals surface area contributed by atoms with Crippen molar-refractivity contribution in [3.8, 4) is 6.07 Å². The summed E-state index contributed by atoms with van der Waals surface area (Å²) < 4.78 is 43.7. The molecule has 0 aliphatic carbocycles. The van der Waals surface area contributed by atoms with E-state index in [0.717, 1.165) is 39.2 Å². The Morgan fingerprint density at radius 3 is 2.34 bits per heavy atom. The SMILES string of the molecule is COC(C)(c1c(C)cc(C)c2c1ccn2S(=O)(=O)c1ccc(C)cc1)c1nc2cc(C#N)ccc2n1COCC[Si](C)(C)C. The Kier molecular flexibility index (Phi) is 8.37. The Labute approximate surface area is 260 Å². The van der Waals surface area contributed by atoms with Crippen LogP contribution in [0.5, 0.6) is 0 Å². The van der Waals surface area contributed by atoms with Gasteiger partial charge in [0.2, 0.25) is 0 Å².